The third kappa shape index (κ3) is 5.14. The molecule has 0 atom stereocenters. The topological polar surface area (TPSA) is 35.9 Å². The highest BCUT2D eigenvalue weighted by Gasteiger charge is 2.28. The molecule has 0 spiro atoms. The van der Waals surface area contributed by atoms with E-state index in [2.05, 4.69) is 30.9 Å². The Morgan fingerprint density at radius 3 is 2.00 bits per heavy atom. The molecule has 2 aromatic rings. The summed E-state index contributed by atoms with van der Waals surface area (Å²) in [5.74, 6) is -0.0856. The van der Waals surface area contributed by atoms with Gasteiger partial charge in [-0.2, -0.15) is 10.1 Å². The highest BCUT2D eigenvalue weighted by molar-refractivity contribution is 6.32. The van der Waals surface area contributed by atoms with Gasteiger partial charge in [-0.25, -0.2) is 0 Å². The number of carbonyl (C=O) groups excluding carboxylic acids is 1. The Morgan fingerprint density at radius 2 is 1.50 bits per heavy atom. The molecule has 1 aliphatic heterocycles. The van der Waals surface area contributed by atoms with E-state index in [4.69, 9.17) is 0 Å². The van der Waals surface area contributed by atoms with Crippen LogP contribution in [-0.4, -0.2) is 36.7 Å². The van der Waals surface area contributed by atoms with Crippen LogP contribution in [0.4, 0.5) is 5.69 Å². The van der Waals surface area contributed by atoms with Gasteiger partial charge in [-0.3, -0.25) is 4.79 Å². The molecule has 2 aromatic carbocycles. The second-order valence-corrected chi connectivity index (χ2v) is 6.10. The highest BCUT2D eigenvalue weighted by atomic mass is 16.2. The fourth-order valence-corrected chi connectivity index (χ4v) is 2.37. The summed E-state index contributed by atoms with van der Waals surface area (Å²) in [6.07, 6.45) is 1.88. The normalized spacial score (nSPS) is 15.1. The molecule has 0 unspecified atom stereocenters. The van der Waals surface area contributed by atoms with Crippen molar-refractivity contribution < 1.29 is 4.79 Å². The zero-order valence-corrected chi connectivity index (χ0v) is 16.0. The van der Waals surface area contributed by atoms with Crippen LogP contribution < -0.4 is 5.01 Å². The van der Waals surface area contributed by atoms with E-state index < -0.39 is 0 Å². The lowest BCUT2D eigenvalue weighted by atomic mass is 10.1. The van der Waals surface area contributed by atoms with E-state index in [1.165, 1.54) is 5.01 Å². The second-order valence-electron chi connectivity index (χ2n) is 6.10. The van der Waals surface area contributed by atoms with Crippen molar-refractivity contribution >= 4 is 23.4 Å². The number of para-hydroxylation sites is 1. The summed E-state index contributed by atoms with van der Waals surface area (Å²) in [6, 6.07) is 19.3. The minimum atomic E-state index is -0.0856. The number of benzene rings is 2. The van der Waals surface area contributed by atoms with Crippen LogP contribution >= 0.6 is 0 Å². The van der Waals surface area contributed by atoms with E-state index in [-0.39, 0.29) is 5.91 Å². The van der Waals surface area contributed by atoms with Crippen molar-refractivity contribution in [3.63, 3.8) is 0 Å². The van der Waals surface area contributed by atoms with Crippen molar-refractivity contribution in [2.45, 2.75) is 20.8 Å². The van der Waals surface area contributed by atoms with Gasteiger partial charge >= 0.3 is 0 Å². The Kier molecular flexibility index (Phi) is 7.30. The molecular weight excluding hydrogens is 322 g/mol. The van der Waals surface area contributed by atoms with Gasteiger partial charge in [0.25, 0.3) is 5.91 Å². The average molecular weight is 349 g/mol. The summed E-state index contributed by atoms with van der Waals surface area (Å²) in [5.41, 5.74) is 3.16. The Bertz CT molecular complexity index is 762. The molecule has 3 rings (SSSR count). The maximum absolute atomic E-state index is 12.5. The lowest BCUT2D eigenvalue weighted by Gasteiger charge is -2.10. The number of anilines is 1. The predicted octanol–water partition coefficient (Wildman–Crippen LogP) is 4.45. The zero-order chi connectivity index (χ0) is 18.9. The molecule has 1 heterocycles. The molecule has 4 nitrogen and oxygen atoms in total. The molecule has 136 valence electrons. The number of rotatable bonds is 4. The summed E-state index contributed by atoms with van der Waals surface area (Å²) >= 11 is 0. The van der Waals surface area contributed by atoms with E-state index in [9.17, 15) is 4.79 Å². The second kappa shape index (κ2) is 9.68. The van der Waals surface area contributed by atoms with E-state index >= 15 is 0 Å². The molecule has 0 N–H and O–H groups in total. The molecule has 0 aromatic heterocycles. The summed E-state index contributed by atoms with van der Waals surface area (Å²) in [6.45, 7) is 8.50. The molecule has 0 bridgehead atoms. The molecule has 0 aliphatic carbocycles. The van der Waals surface area contributed by atoms with Gasteiger partial charge in [-0.05, 0) is 50.8 Å². The van der Waals surface area contributed by atoms with Gasteiger partial charge < -0.3 is 4.90 Å². The average Bonchev–Trinajstić information content (AvgIpc) is 2.97. The molecule has 0 radical (unpaired) electrons. The van der Waals surface area contributed by atoms with Gasteiger partial charge in [-0.15, -0.1) is 0 Å². The van der Waals surface area contributed by atoms with Crippen LogP contribution in [-0.2, 0) is 4.79 Å². The van der Waals surface area contributed by atoms with Gasteiger partial charge in [0.1, 0.15) is 0 Å². The van der Waals surface area contributed by atoms with E-state index in [1.807, 2.05) is 73.7 Å². The van der Waals surface area contributed by atoms with E-state index in [0.29, 0.717) is 5.57 Å². The molecule has 0 fully saturated rings. The Morgan fingerprint density at radius 1 is 0.962 bits per heavy atom. The van der Waals surface area contributed by atoms with E-state index in [0.717, 1.165) is 30.1 Å². The zero-order valence-electron chi connectivity index (χ0n) is 16.0. The number of carbonyl (C=O) groups is 1. The Hall–Kier alpha value is -2.72. The maximum Gasteiger partial charge on any atom is 0.280 e. The van der Waals surface area contributed by atoms with Crippen LogP contribution in [0, 0.1) is 0 Å². The number of hydrazone groups is 1. The maximum atomic E-state index is 12.5. The molecule has 1 aliphatic rings. The smallest absolute Gasteiger partial charge is 0.280 e. The van der Waals surface area contributed by atoms with Crippen molar-refractivity contribution in [1.29, 1.82) is 0 Å². The fraction of sp³-hybridized carbons (Fsp3) is 0.273. The summed E-state index contributed by atoms with van der Waals surface area (Å²) < 4.78 is 0. The standard InChI is InChI=1S/C17H14N2O.C5H13N/c1-13-16(12-14-8-4-2-5-9-14)17(20)19(18-13)15-10-6-3-7-11-15;1-4-6(3)5-2/h2-12H,1H3;4-5H2,1-3H3/b16-12+;. The summed E-state index contributed by atoms with van der Waals surface area (Å²) in [4.78, 5) is 14.7. The first-order valence-electron chi connectivity index (χ1n) is 8.97. The van der Waals surface area contributed by atoms with Crippen molar-refractivity contribution in [3.05, 3.63) is 71.8 Å². The van der Waals surface area contributed by atoms with E-state index in [1.54, 1.807) is 0 Å². The molecule has 0 saturated carbocycles. The van der Waals surface area contributed by atoms with Crippen LogP contribution in [0.2, 0.25) is 0 Å². The molecular formula is C22H27N3O. The highest BCUT2D eigenvalue weighted by Crippen LogP contribution is 2.24. The monoisotopic (exact) mass is 349 g/mol. The van der Waals surface area contributed by atoms with Gasteiger partial charge in [0.05, 0.1) is 17.0 Å². The quantitative estimate of drug-likeness (QED) is 0.765. The summed E-state index contributed by atoms with van der Waals surface area (Å²) in [5, 5.41) is 5.80. The largest absolute Gasteiger partial charge is 0.307 e. The lowest BCUT2D eigenvalue weighted by Crippen LogP contribution is -2.21. The number of amides is 1. The first-order chi connectivity index (χ1) is 12.6. The van der Waals surface area contributed by atoms with Crippen molar-refractivity contribution in [1.82, 2.24) is 4.90 Å². The molecule has 1 amide bonds. The van der Waals surface area contributed by atoms with Gasteiger partial charge in [-0.1, -0.05) is 62.4 Å². The van der Waals surface area contributed by atoms with Crippen LogP contribution in [0.3, 0.4) is 0 Å². The number of hydrogen-bond donors (Lipinski definition) is 0. The van der Waals surface area contributed by atoms with Crippen LogP contribution in [0.25, 0.3) is 6.08 Å². The van der Waals surface area contributed by atoms with Crippen LogP contribution in [0.15, 0.2) is 71.3 Å². The van der Waals surface area contributed by atoms with Crippen molar-refractivity contribution in [2.24, 2.45) is 5.10 Å². The SMILES string of the molecule is CC1=NN(c2ccccc2)C(=O)/C1=C/c1ccccc1.CCN(C)CC. The molecule has 0 saturated heterocycles. The molecule has 26 heavy (non-hydrogen) atoms. The van der Waals surface area contributed by atoms with Crippen LogP contribution in [0.1, 0.15) is 26.3 Å². The third-order valence-electron chi connectivity index (χ3n) is 4.25. The lowest BCUT2D eigenvalue weighted by molar-refractivity contribution is -0.114. The minimum Gasteiger partial charge on any atom is -0.307 e. The first kappa shape index (κ1) is 19.6. The van der Waals surface area contributed by atoms with Gasteiger partial charge in [0.2, 0.25) is 0 Å². The van der Waals surface area contributed by atoms with Crippen molar-refractivity contribution in [2.75, 3.05) is 25.1 Å². The summed E-state index contributed by atoms with van der Waals surface area (Å²) in [7, 11) is 2.11. The Labute approximate surface area is 156 Å². The predicted molar refractivity (Wildman–Crippen MR) is 110 cm³/mol. The number of hydrogen-bond acceptors (Lipinski definition) is 3. The first-order valence-corrected chi connectivity index (χ1v) is 8.97. The Balaban J connectivity index is 0.000000352. The minimum absolute atomic E-state index is 0.0856. The fourth-order valence-electron chi connectivity index (χ4n) is 2.37. The van der Waals surface area contributed by atoms with Crippen molar-refractivity contribution in [3.8, 4) is 0 Å². The number of nitrogens with zero attached hydrogens (tertiary/aromatic N) is 3. The molecule has 4 heteroatoms. The third-order valence-corrected chi connectivity index (χ3v) is 4.25. The van der Waals surface area contributed by atoms with Crippen LogP contribution in [0.5, 0.6) is 0 Å². The van der Waals surface area contributed by atoms with Gasteiger partial charge in [0, 0.05) is 0 Å². The van der Waals surface area contributed by atoms with Gasteiger partial charge in [0.15, 0.2) is 0 Å².